The van der Waals surface area contributed by atoms with Crippen molar-refractivity contribution in [2.24, 2.45) is 7.05 Å². The molecule has 1 aromatic carbocycles. The third kappa shape index (κ3) is 3.58. The lowest BCUT2D eigenvalue weighted by molar-refractivity contribution is -0.116. The van der Waals surface area contributed by atoms with E-state index < -0.39 is 0 Å². The maximum atomic E-state index is 12.5. The number of aryl methyl sites for hydroxylation is 3. The average Bonchev–Trinajstić information content (AvgIpc) is 3.23. The van der Waals surface area contributed by atoms with Crippen molar-refractivity contribution in [1.29, 1.82) is 0 Å². The molecule has 0 aliphatic rings. The summed E-state index contributed by atoms with van der Waals surface area (Å²) < 4.78 is 3.84. The number of anilines is 1. The summed E-state index contributed by atoms with van der Waals surface area (Å²) >= 11 is 6.03. The Labute approximate surface area is 172 Å². The molecule has 0 radical (unpaired) electrons. The number of hydrogen-bond donors (Lipinski definition) is 1. The van der Waals surface area contributed by atoms with Crippen LogP contribution in [0.25, 0.3) is 16.7 Å². The number of amides is 1. The van der Waals surface area contributed by atoms with Gasteiger partial charge in [-0.25, -0.2) is 9.97 Å². The second kappa shape index (κ2) is 7.63. The molecule has 0 fully saturated rings. The van der Waals surface area contributed by atoms with Gasteiger partial charge in [0, 0.05) is 36.3 Å². The molecular formula is C20H20ClN7O. The molecule has 29 heavy (non-hydrogen) atoms. The van der Waals surface area contributed by atoms with Crippen LogP contribution in [0.1, 0.15) is 23.5 Å². The highest BCUT2D eigenvalue weighted by molar-refractivity contribution is 6.30. The number of fused-ring (bicyclic) bond motifs is 1. The average molecular weight is 410 g/mol. The zero-order valence-corrected chi connectivity index (χ0v) is 17.1. The molecule has 148 valence electrons. The van der Waals surface area contributed by atoms with Crippen LogP contribution in [0.4, 0.5) is 5.82 Å². The fourth-order valence-electron chi connectivity index (χ4n) is 3.35. The summed E-state index contributed by atoms with van der Waals surface area (Å²) in [5.41, 5.74) is 3.72. The molecule has 0 spiro atoms. The van der Waals surface area contributed by atoms with Gasteiger partial charge in [0.15, 0.2) is 5.65 Å². The highest BCUT2D eigenvalue weighted by Gasteiger charge is 2.19. The third-order valence-corrected chi connectivity index (χ3v) is 5.27. The van der Waals surface area contributed by atoms with E-state index in [0.717, 1.165) is 33.8 Å². The van der Waals surface area contributed by atoms with E-state index in [2.05, 4.69) is 25.5 Å². The summed E-state index contributed by atoms with van der Waals surface area (Å²) in [6.07, 6.45) is 3.87. The van der Waals surface area contributed by atoms with E-state index in [1.165, 1.54) is 6.33 Å². The first kappa shape index (κ1) is 19.1. The second-order valence-electron chi connectivity index (χ2n) is 6.85. The van der Waals surface area contributed by atoms with Crippen molar-refractivity contribution in [2.45, 2.75) is 26.7 Å². The molecule has 4 rings (SSSR count). The van der Waals surface area contributed by atoms with E-state index in [-0.39, 0.29) is 12.3 Å². The van der Waals surface area contributed by atoms with Gasteiger partial charge in [0.2, 0.25) is 5.91 Å². The summed E-state index contributed by atoms with van der Waals surface area (Å²) in [4.78, 5) is 21.3. The Morgan fingerprint density at radius 1 is 1.17 bits per heavy atom. The van der Waals surface area contributed by atoms with Crippen molar-refractivity contribution in [3.05, 3.63) is 59.0 Å². The van der Waals surface area contributed by atoms with Crippen molar-refractivity contribution in [1.82, 2.24) is 29.3 Å². The van der Waals surface area contributed by atoms with E-state index >= 15 is 0 Å². The number of nitrogens with zero attached hydrogens (tertiary/aromatic N) is 6. The zero-order valence-electron chi connectivity index (χ0n) is 16.3. The number of rotatable bonds is 5. The van der Waals surface area contributed by atoms with E-state index in [9.17, 15) is 4.79 Å². The quantitative estimate of drug-likeness (QED) is 0.545. The molecule has 4 aromatic rings. The Balaban J connectivity index is 1.65. The van der Waals surface area contributed by atoms with Gasteiger partial charge < -0.3 is 9.88 Å². The number of halogens is 1. The van der Waals surface area contributed by atoms with Crippen LogP contribution in [0.3, 0.4) is 0 Å². The molecule has 0 saturated heterocycles. The second-order valence-corrected chi connectivity index (χ2v) is 7.29. The first-order valence-corrected chi connectivity index (χ1v) is 9.54. The lowest BCUT2D eigenvalue weighted by atomic mass is 10.2. The lowest BCUT2D eigenvalue weighted by Gasteiger charge is -2.08. The molecule has 1 N–H and O–H groups in total. The van der Waals surface area contributed by atoms with Crippen LogP contribution >= 0.6 is 11.6 Å². The molecule has 0 aliphatic heterocycles. The Bertz CT molecular complexity index is 1190. The largest absolute Gasteiger partial charge is 0.321 e. The number of hydrogen-bond acceptors (Lipinski definition) is 5. The molecule has 8 nitrogen and oxygen atoms in total. The molecule has 3 heterocycles. The fraction of sp³-hybridized carbons (Fsp3) is 0.250. The number of carbonyl (C=O) groups excluding carboxylic acids is 1. The maximum Gasteiger partial charge on any atom is 0.225 e. The highest BCUT2D eigenvalue weighted by atomic mass is 35.5. The standard InChI is InChI=1S/C20H20ClN7O/c1-12-13(2)28(15-6-4-14(21)5-7-15)20-18(12)19(22-10-23-20)25-17(29)9-8-16-26-24-11-27(16)3/h4-7,10-11H,8-9H2,1-3H3,(H,22,23,25,29). The van der Waals surface area contributed by atoms with Crippen molar-refractivity contribution in [3.63, 3.8) is 0 Å². The number of benzene rings is 1. The third-order valence-electron chi connectivity index (χ3n) is 5.02. The number of carbonyl (C=O) groups is 1. The number of aromatic nitrogens is 6. The van der Waals surface area contributed by atoms with Crippen molar-refractivity contribution < 1.29 is 4.79 Å². The molecule has 3 aromatic heterocycles. The highest BCUT2D eigenvalue weighted by Crippen LogP contribution is 2.31. The summed E-state index contributed by atoms with van der Waals surface area (Å²) in [7, 11) is 1.85. The minimum Gasteiger partial charge on any atom is -0.321 e. The smallest absolute Gasteiger partial charge is 0.225 e. The van der Waals surface area contributed by atoms with Gasteiger partial charge >= 0.3 is 0 Å². The van der Waals surface area contributed by atoms with Crippen molar-refractivity contribution in [3.8, 4) is 5.69 Å². The minimum atomic E-state index is -0.135. The number of nitrogens with one attached hydrogen (secondary N) is 1. The minimum absolute atomic E-state index is 0.135. The maximum absolute atomic E-state index is 12.5. The molecule has 1 amide bonds. The Morgan fingerprint density at radius 3 is 2.62 bits per heavy atom. The Morgan fingerprint density at radius 2 is 1.93 bits per heavy atom. The predicted molar refractivity (Wildman–Crippen MR) is 111 cm³/mol. The Hall–Kier alpha value is -3.26. The first-order chi connectivity index (χ1) is 14.0. The fourth-order valence-corrected chi connectivity index (χ4v) is 3.48. The zero-order chi connectivity index (χ0) is 20.5. The van der Waals surface area contributed by atoms with E-state index in [4.69, 9.17) is 11.6 Å². The SMILES string of the molecule is Cc1c(C)n(-c2ccc(Cl)cc2)c2ncnc(NC(=O)CCc3nncn3C)c12. The van der Waals surface area contributed by atoms with Crippen molar-refractivity contribution >= 4 is 34.4 Å². The lowest BCUT2D eigenvalue weighted by Crippen LogP contribution is -2.15. The van der Waals surface area contributed by atoms with Crippen LogP contribution in [0.5, 0.6) is 0 Å². The van der Waals surface area contributed by atoms with Crippen LogP contribution in [0.15, 0.2) is 36.9 Å². The molecule has 0 unspecified atom stereocenters. The monoisotopic (exact) mass is 409 g/mol. The van der Waals surface area contributed by atoms with Crippen LogP contribution in [0.2, 0.25) is 5.02 Å². The van der Waals surface area contributed by atoms with Crippen LogP contribution in [0, 0.1) is 13.8 Å². The van der Waals surface area contributed by atoms with Crippen LogP contribution in [-0.2, 0) is 18.3 Å². The molecule has 0 bridgehead atoms. The van der Waals surface area contributed by atoms with Gasteiger partial charge in [-0.15, -0.1) is 10.2 Å². The summed E-state index contributed by atoms with van der Waals surface area (Å²) in [5, 5.41) is 12.3. The topological polar surface area (TPSA) is 90.5 Å². The van der Waals surface area contributed by atoms with Gasteiger partial charge in [-0.05, 0) is 43.7 Å². The van der Waals surface area contributed by atoms with Gasteiger partial charge in [-0.2, -0.15) is 0 Å². The summed E-state index contributed by atoms with van der Waals surface area (Å²) in [6.45, 7) is 4.02. The van der Waals surface area contributed by atoms with Gasteiger partial charge in [0.1, 0.15) is 24.3 Å². The van der Waals surface area contributed by atoms with Gasteiger partial charge in [-0.3, -0.25) is 9.36 Å². The summed E-state index contributed by atoms with van der Waals surface area (Å²) in [5.74, 6) is 1.13. The molecule has 0 atom stereocenters. The molecule has 9 heteroatoms. The van der Waals surface area contributed by atoms with Gasteiger partial charge in [-0.1, -0.05) is 11.6 Å². The normalized spacial score (nSPS) is 11.2. The van der Waals surface area contributed by atoms with Crippen molar-refractivity contribution in [2.75, 3.05) is 5.32 Å². The van der Waals surface area contributed by atoms with E-state index in [0.29, 0.717) is 17.3 Å². The molecule has 0 aliphatic carbocycles. The summed E-state index contributed by atoms with van der Waals surface area (Å²) in [6, 6.07) is 7.56. The van der Waals surface area contributed by atoms with Gasteiger partial charge in [0.05, 0.1) is 5.39 Å². The van der Waals surface area contributed by atoms with E-state index in [1.54, 1.807) is 10.9 Å². The molecule has 0 saturated carbocycles. The van der Waals surface area contributed by atoms with Crippen LogP contribution in [-0.4, -0.2) is 35.2 Å². The van der Waals surface area contributed by atoms with E-state index in [1.807, 2.05) is 49.7 Å². The Kier molecular flexibility index (Phi) is 5.02. The van der Waals surface area contributed by atoms with Gasteiger partial charge in [0.25, 0.3) is 0 Å². The predicted octanol–water partition coefficient (Wildman–Crippen LogP) is 3.39. The van der Waals surface area contributed by atoms with Crippen LogP contribution < -0.4 is 5.32 Å². The molecular weight excluding hydrogens is 390 g/mol. The first-order valence-electron chi connectivity index (χ1n) is 9.17.